The first-order chi connectivity index (χ1) is 14.6. The molecule has 30 heavy (non-hydrogen) atoms. The van der Waals surface area contributed by atoms with Crippen LogP contribution in [0, 0.1) is 0 Å². The summed E-state index contributed by atoms with van der Waals surface area (Å²) in [6.45, 7) is 3.83. The number of para-hydroxylation sites is 1. The van der Waals surface area contributed by atoms with E-state index in [1.165, 1.54) is 0 Å². The topological polar surface area (TPSA) is 58.4 Å². The number of nitrogens with zero attached hydrogens (tertiary/aromatic N) is 4. The minimum Gasteiger partial charge on any atom is -0.339 e. The molecule has 0 unspecified atom stereocenters. The molecule has 0 N–H and O–H groups in total. The third-order valence-electron chi connectivity index (χ3n) is 5.25. The zero-order chi connectivity index (χ0) is 20.9. The maximum absolute atomic E-state index is 12.7. The van der Waals surface area contributed by atoms with E-state index in [0.29, 0.717) is 26.2 Å². The Hall–Kier alpha value is -3.67. The average molecular weight is 400 g/mol. The second kappa shape index (κ2) is 8.78. The van der Waals surface area contributed by atoms with E-state index in [1.54, 1.807) is 22.8 Å². The highest BCUT2D eigenvalue weighted by atomic mass is 16.2. The van der Waals surface area contributed by atoms with E-state index < -0.39 is 0 Å². The predicted molar refractivity (Wildman–Crippen MR) is 117 cm³/mol. The molecule has 4 rings (SSSR count). The Morgan fingerprint density at radius 2 is 1.47 bits per heavy atom. The predicted octanol–water partition coefficient (Wildman–Crippen LogP) is 3.24. The van der Waals surface area contributed by atoms with Gasteiger partial charge >= 0.3 is 0 Å². The van der Waals surface area contributed by atoms with Crippen molar-refractivity contribution in [3.05, 3.63) is 78.5 Å². The summed E-state index contributed by atoms with van der Waals surface area (Å²) in [6.07, 6.45) is 5.37. The maximum Gasteiger partial charge on any atom is 0.246 e. The van der Waals surface area contributed by atoms with E-state index in [4.69, 9.17) is 5.10 Å². The van der Waals surface area contributed by atoms with Crippen molar-refractivity contribution in [2.75, 3.05) is 26.2 Å². The number of amides is 2. The van der Waals surface area contributed by atoms with E-state index in [9.17, 15) is 9.59 Å². The summed E-state index contributed by atoms with van der Waals surface area (Å²) in [6, 6.07) is 19.8. The summed E-state index contributed by atoms with van der Waals surface area (Å²) in [7, 11) is 0. The largest absolute Gasteiger partial charge is 0.339 e. The molecule has 0 saturated carbocycles. The summed E-state index contributed by atoms with van der Waals surface area (Å²) in [5, 5.41) is 4.77. The van der Waals surface area contributed by atoms with E-state index in [0.717, 1.165) is 22.5 Å². The van der Waals surface area contributed by atoms with Crippen LogP contribution in [0.2, 0.25) is 0 Å². The van der Waals surface area contributed by atoms with Gasteiger partial charge in [0.2, 0.25) is 11.8 Å². The van der Waals surface area contributed by atoms with Gasteiger partial charge in [0.25, 0.3) is 0 Å². The Morgan fingerprint density at radius 1 is 0.867 bits per heavy atom. The van der Waals surface area contributed by atoms with Crippen molar-refractivity contribution in [1.82, 2.24) is 19.6 Å². The Labute approximate surface area is 176 Å². The lowest BCUT2D eigenvalue weighted by molar-refractivity contribution is -0.135. The first-order valence-corrected chi connectivity index (χ1v) is 10.0. The first kappa shape index (κ1) is 19.6. The number of benzene rings is 2. The zero-order valence-corrected chi connectivity index (χ0v) is 16.9. The van der Waals surface area contributed by atoms with Crippen molar-refractivity contribution in [2.24, 2.45) is 0 Å². The van der Waals surface area contributed by atoms with Crippen molar-refractivity contribution >= 4 is 17.9 Å². The highest BCUT2D eigenvalue weighted by molar-refractivity contribution is 5.93. The van der Waals surface area contributed by atoms with Gasteiger partial charge in [0, 0.05) is 56.5 Å². The lowest BCUT2D eigenvalue weighted by atomic mass is 10.1. The number of hydrogen-bond donors (Lipinski definition) is 0. The van der Waals surface area contributed by atoms with Gasteiger partial charge < -0.3 is 9.80 Å². The Bertz CT molecular complexity index is 1050. The van der Waals surface area contributed by atoms with Gasteiger partial charge in [-0.3, -0.25) is 9.59 Å². The summed E-state index contributed by atoms with van der Waals surface area (Å²) in [5.74, 6) is 0.00291. The molecule has 0 atom stereocenters. The Kier molecular flexibility index (Phi) is 5.75. The summed E-state index contributed by atoms with van der Waals surface area (Å²) in [4.78, 5) is 27.7. The van der Waals surface area contributed by atoms with E-state index >= 15 is 0 Å². The normalized spacial score (nSPS) is 14.3. The lowest BCUT2D eigenvalue weighted by Crippen LogP contribution is -2.49. The molecule has 2 amide bonds. The number of carbonyl (C=O) groups is 2. The molecule has 2 aromatic carbocycles. The number of rotatable bonds is 4. The second-order valence-electron chi connectivity index (χ2n) is 7.24. The first-order valence-electron chi connectivity index (χ1n) is 10.0. The molecule has 1 aliphatic rings. The zero-order valence-electron chi connectivity index (χ0n) is 16.9. The van der Waals surface area contributed by atoms with Crippen LogP contribution in [0.3, 0.4) is 0 Å². The molecule has 0 aliphatic carbocycles. The SMILES string of the molecule is CC(=O)N1CCN(C(=O)C=Cc2cn(-c3ccccc3)nc2-c2ccccc2)CC1. The molecule has 0 radical (unpaired) electrons. The van der Waals surface area contributed by atoms with Crippen molar-refractivity contribution in [3.63, 3.8) is 0 Å². The third-order valence-corrected chi connectivity index (χ3v) is 5.25. The van der Waals surface area contributed by atoms with Crippen LogP contribution < -0.4 is 0 Å². The molecule has 2 heterocycles. The summed E-state index contributed by atoms with van der Waals surface area (Å²) >= 11 is 0. The van der Waals surface area contributed by atoms with Crippen molar-refractivity contribution in [1.29, 1.82) is 0 Å². The molecule has 0 bridgehead atoms. The van der Waals surface area contributed by atoms with Crippen LogP contribution in [-0.4, -0.2) is 57.6 Å². The number of piperazine rings is 1. The molecule has 1 fully saturated rings. The van der Waals surface area contributed by atoms with Crippen molar-refractivity contribution in [2.45, 2.75) is 6.92 Å². The highest BCUT2D eigenvalue weighted by Crippen LogP contribution is 2.24. The average Bonchev–Trinajstić information content (AvgIpc) is 3.23. The Balaban J connectivity index is 1.58. The van der Waals surface area contributed by atoms with E-state index in [2.05, 4.69) is 0 Å². The smallest absolute Gasteiger partial charge is 0.246 e. The second-order valence-corrected chi connectivity index (χ2v) is 7.24. The van der Waals surface area contributed by atoms with Crippen molar-refractivity contribution < 1.29 is 9.59 Å². The van der Waals surface area contributed by atoms with Crippen LogP contribution in [-0.2, 0) is 9.59 Å². The fourth-order valence-electron chi connectivity index (χ4n) is 3.55. The fraction of sp³-hybridized carbons (Fsp3) is 0.208. The molecular formula is C24H24N4O2. The monoisotopic (exact) mass is 400 g/mol. The van der Waals surface area contributed by atoms with E-state index in [-0.39, 0.29) is 11.8 Å². The standard InChI is InChI=1S/C24H24N4O2/c1-19(29)26-14-16-27(17-15-26)23(30)13-12-21-18-28(22-10-6-3-7-11-22)25-24(21)20-8-4-2-5-9-20/h2-13,18H,14-17H2,1H3. The van der Waals surface area contributed by atoms with Gasteiger partial charge in [-0.2, -0.15) is 5.10 Å². The minimum absolute atomic E-state index is 0.0512. The van der Waals surface area contributed by atoms with Crippen LogP contribution in [0.4, 0.5) is 0 Å². The number of aromatic nitrogens is 2. The van der Waals surface area contributed by atoms with Crippen LogP contribution in [0.15, 0.2) is 72.9 Å². The highest BCUT2D eigenvalue weighted by Gasteiger charge is 2.21. The maximum atomic E-state index is 12.7. The van der Waals surface area contributed by atoms with Gasteiger partial charge in [-0.15, -0.1) is 0 Å². The molecule has 1 aliphatic heterocycles. The Morgan fingerprint density at radius 3 is 2.10 bits per heavy atom. The minimum atomic E-state index is -0.0512. The van der Waals surface area contributed by atoms with Gasteiger partial charge in [-0.25, -0.2) is 4.68 Å². The number of hydrogen-bond acceptors (Lipinski definition) is 3. The molecule has 0 spiro atoms. The molecule has 6 heteroatoms. The van der Waals surface area contributed by atoms with Crippen LogP contribution in [0.25, 0.3) is 23.0 Å². The summed E-state index contributed by atoms with van der Waals surface area (Å²) < 4.78 is 1.83. The van der Waals surface area contributed by atoms with Gasteiger partial charge in [0.1, 0.15) is 0 Å². The van der Waals surface area contributed by atoms with Gasteiger partial charge in [0.05, 0.1) is 11.4 Å². The summed E-state index contributed by atoms with van der Waals surface area (Å²) in [5.41, 5.74) is 3.65. The van der Waals surface area contributed by atoms with Gasteiger partial charge in [-0.05, 0) is 18.2 Å². The van der Waals surface area contributed by atoms with Gasteiger partial charge in [0.15, 0.2) is 0 Å². The molecular weight excluding hydrogens is 376 g/mol. The quantitative estimate of drug-likeness (QED) is 0.632. The fourth-order valence-corrected chi connectivity index (χ4v) is 3.55. The van der Waals surface area contributed by atoms with Crippen LogP contribution >= 0.6 is 0 Å². The van der Waals surface area contributed by atoms with Crippen LogP contribution in [0.1, 0.15) is 12.5 Å². The molecule has 6 nitrogen and oxygen atoms in total. The van der Waals surface area contributed by atoms with E-state index in [1.807, 2.05) is 77.6 Å². The van der Waals surface area contributed by atoms with Crippen molar-refractivity contribution in [3.8, 4) is 16.9 Å². The number of carbonyl (C=O) groups excluding carboxylic acids is 2. The molecule has 1 saturated heterocycles. The lowest BCUT2D eigenvalue weighted by Gasteiger charge is -2.33. The molecule has 3 aromatic rings. The molecule has 152 valence electrons. The van der Waals surface area contributed by atoms with Gasteiger partial charge in [-0.1, -0.05) is 48.5 Å². The molecule has 1 aromatic heterocycles. The third kappa shape index (κ3) is 4.33. The van der Waals surface area contributed by atoms with Crippen LogP contribution in [0.5, 0.6) is 0 Å².